The molecular weight excluding hydrogens is 266 g/mol. The highest BCUT2D eigenvalue weighted by molar-refractivity contribution is 5.90. The smallest absolute Gasteiger partial charge is 0.293 e. The Morgan fingerprint density at radius 1 is 1.29 bits per heavy atom. The largest absolute Gasteiger partial charge is 0.335 e. The van der Waals surface area contributed by atoms with Gasteiger partial charge < -0.3 is 10.6 Å². The lowest BCUT2D eigenvalue weighted by Gasteiger charge is -2.31. The van der Waals surface area contributed by atoms with Crippen LogP contribution >= 0.6 is 0 Å². The molecule has 0 fully saturated rings. The van der Waals surface area contributed by atoms with Crippen molar-refractivity contribution in [1.29, 1.82) is 0 Å². The Morgan fingerprint density at radius 3 is 2.33 bits per heavy atom. The predicted octanol–water partition coefficient (Wildman–Crippen LogP) is 1.94. The third-order valence-electron chi connectivity index (χ3n) is 3.34. The van der Waals surface area contributed by atoms with Crippen molar-refractivity contribution in [2.75, 3.05) is 19.6 Å². The van der Waals surface area contributed by atoms with E-state index in [2.05, 4.69) is 29.0 Å². The molecule has 0 aliphatic carbocycles. The van der Waals surface area contributed by atoms with E-state index in [9.17, 15) is 4.79 Å². The summed E-state index contributed by atoms with van der Waals surface area (Å²) in [7, 11) is 0. The summed E-state index contributed by atoms with van der Waals surface area (Å²) in [5.74, 6) is 0.826. The fraction of sp³-hybridized carbons (Fsp3) is 0.800. The molecule has 1 heterocycles. The molecule has 0 atom stereocenters. The van der Waals surface area contributed by atoms with Crippen LogP contribution in [0.1, 0.15) is 64.4 Å². The number of rotatable bonds is 6. The Labute approximate surface area is 127 Å². The molecule has 6 nitrogen and oxygen atoms in total. The summed E-state index contributed by atoms with van der Waals surface area (Å²) < 4.78 is 0. The van der Waals surface area contributed by atoms with Crippen LogP contribution in [0.4, 0.5) is 0 Å². The van der Waals surface area contributed by atoms with Crippen molar-refractivity contribution in [3.05, 3.63) is 11.6 Å². The van der Waals surface area contributed by atoms with Crippen LogP contribution in [0.25, 0.3) is 0 Å². The zero-order valence-corrected chi connectivity index (χ0v) is 14.2. The van der Waals surface area contributed by atoms with Gasteiger partial charge in [-0.2, -0.15) is 0 Å². The number of amides is 1. The van der Waals surface area contributed by atoms with Crippen molar-refractivity contribution in [3.63, 3.8) is 0 Å². The molecule has 0 aromatic carbocycles. The lowest BCUT2D eigenvalue weighted by Crippen LogP contribution is -2.42. The van der Waals surface area contributed by atoms with E-state index in [4.69, 9.17) is 5.73 Å². The molecule has 0 spiro atoms. The molecule has 21 heavy (non-hydrogen) atoms. The number of hydrogen-bond donors (Lipinski definition) is 2. The molecule has 0 radical (unpaired) electrons. The number of H-pyrrole nitrogens is 1. The highest BCUT2D eigenvalue weighted by Gasteiger charge is 2.28. The number of hydrogen-bond acceptors (Lipinski definition) is 4. The Morgan fingerprint density at radius 2 is 1.90 bits per heavy atom. The van der Waals surface area contributed by atoms with Gasteiger partial charge in [-0.1, -0.05) is 41.5 Å². The van der Waals surface area contributed by atoms with Gasteiger partial charge in [0.25, 0.3) is 5.91 Å². The van der Waals surface area contributed by atoms with Crippen molar-refractivity contribution < 1.29 is 4.79 Å². The van der Waals surface area contributed by atoms with E-state index < -0.39 is 0 Å². The van der Waals surface area contributed by atoms with E-state index in [1.165, 1.54) is 0 Å². The van der Waals surface area contributed by atoms with Crippen LogP contribution < -0.4 is 5.73 Å². The first kappa shape index (κ1) is 17.6. The van der Waals surface area contributed by atoms with Crippen LogP contribution in [0.3, 0.4) is 0 Å². The lowest BCUT2D eigenvalue weighted by molar-refractivity contribution is 0.0677. The zero-order chi connectivity index (χ0) is 16.3. The molecule has 0 aliphatic rings. The maximum Gasteiger partial charge on any atom is 0.293 e. The molecule has 1 amide bonds. The van der Waals surface area contributed by atoms with Gasteiger partial charge in [0.2, 0.25) is 5.82 Å². The van der Waals surface area contributed by atoms with Gasteiger partial charge in [-0.05, 0) is 18.4 Å². The number of nitrogens with one attached hydrogen (secondary N) is 1. The number of carbonyl (C=O) groups is 1. The number of nitrogens with zero attached hydrogens (tertiary/aromatic N) is 3. The molecule has 6 heteroatoms. The average Bonchev–Trinajstić information content (AvgIpc) is 2.86. The molecule has 0 saturated heterocycles. The Balaban J connectivity index is 2.93. The predicted molar refractivity (Wildman–Crippen MR) is 84.1 cm³/mol. The molecule has 0 unspecified atom stereocenters. The highest BCUT2D eigenvalue weighted by Crippen LogP contribution is 2.19. The van der Waals surface area contributed by atoms with Crippen LogP contribution in [-0.4, -0.2) is 45.6 Å². The van der Waals surface area contributed by atoms with Crippen LogP contribution in [0.2, 0.25) is 0 Å². The molecule has 0 aliphatic heterocycles. The van der Waals surface area contributed by atoms with Crippen molar-refractivity contribution in [1.82, 2.24) is 20.1 Å². The van der Waals surface area contributed by atoms with E-state index in [1.807, 2.05) is 27.7 Å². The van der Waals surface area contributed by atoms with Gasteiger partial charge in [-0.3, -0.25) is 9.89 Å². The fourth-order valence-electron chi connectivity index (χ4n) is 1.94. The molecule has 1 aromatic rings. The Bertz CT molecular complexity index is 473. The molecule has 3 N–H and O–H groups in total. The summed E-state index contributed by atoms with van der Waals surface area (Å²) in [4.78, 5) is 18.8. The number of aromatic nitrogens is 3. The third-order valence-corrected chi connectivity index (χ3v) is 3.34. The van der Waals surface area contributed by atoms with Gasteiger partial charge in [0.15, 0.2) is 0 Å². The van der Waals surface area contributed by atoms with E-state index in [0.29, 0.717) is 19.6 Å². The summed E-state index contributed by atoms with van der Waals surface area (Å²) in [5, 5.41) is 6.95. The maximum atomic E-state index is 12.6. The highest BCUT2D eigenvalue weighted by atomic mass is 16.2. The van der Waals surface area contributed by atoms with Crippen molar-refractivity contribution in [3.8, 4) is 0 Å². The fourth-order valence-corrected chi connectivity index (χ4v) is 1.94. The van der Waals surface area contributed by atoms with Gasteiger partial charge in [0.05, 0.1) is 0 Å². The molecule has 1 rings (SSSR count). The van der Waals surface area contributed by atoms with Crippen LogP contribution in [0, 0.1) is 5.41 Å². The number of aromatic amines is 1. The summed E-state index contributed by atoms with van der Waals surface area (Å²) >= 11 is 0. The quantitative estimate of drug-likeness (QED) is 0.839. The average molecular weight is 295 g/mol. The second kappa shape index (κ2) is 6.56. The number of carbonyl (C=O) groups excluding carboxylic acids is 1. The molecule has 1 aromatic heterocycles. The van der Waals surface area contributed by atoms with Gasteiger partial charge in [-0.25, -0.2) is 4.98 Å². The van der Waals surface area contributed by atoms with Crippen LogP contribution in [0.15, 0.2) is 0 Å². The van der Waals surface area contributed by atoms with Gasteiger partial charge in [0, 0.05) is 18.5 Å². The van der Waals surface area contributed by atoms with Crippen molar-refractivity contribution in [2.45, 2.75) is 53.4 Å². The SMILES string of the molecule is CCCN(CC(C)(C)CN)C(=O)c1n[nH]c(C(C)(C)C)n1. The first-order chi connectivity index (χ1) is 9.60. The van der Waals surface area contributed by atoms with Crippen LogP contribution in [-0.2, 0) is 5.41 Å². The molecule has 120 valence electrons. The van der Waals surface area contributed by atoms with Crippen molar-refractivity contribution >= 4 is 5.91 Å². The summed E-state index contributed by atoms with van der Waals surface area (Å²) in [6, 6.07) is 0. The van der Waals surface area contributed by atoms with Crippen molar-refractivity contribution in [2.24, 2.45) is 11.1 Å². The summed E-state index contributed by atoms with van der Waals surface area (Å²) in [6.45, 7) is 14.1. The van der Waals surface area contributed by atoms with E-state index in [0.717, 1.165) is 12.2 Å². The topological polar surface area (TPSA) is 87.9 Å². The van der Waals surface area contributed by atoms with Gasteiger partial charge in [0.1, 0.15) is 5.82 Å². The van der Waals surface area contributed by atoms with E-state index in [-0.39, 0.29) is 22.6 Å². The zero-order valence-electron chi connectivity index (χ0n) is 14.2. The minimum absolute atomic E-state index is 0.117. The maximum absolute atomic E-state index is 12.6. The monoisotopic (exact) mass is 295 g/mol. The normalized spacial score (nSPS) is 12.5. The molecule has 0 saturated carbocycles. The summed E-state index contributed by atoms with van der Waals surface area (Å²) in [6.07, 6.45) is 0.892. The second-order valence-corrected chi connectivity index (χ2v) is 7.35. The van der Waals surface area contributed by atoms with Gasteiger partial charge in [-0.15, -0.1) is 5.10 Å². The second-order valence-electron chi connectivity index (χ2n) is 7.35. The van der Waals surface area contributed by atoms with E-state index >= 15 is 0 Å². The first-order valence-electron chi connectivity index (χ1n) is 7.53. The van der Waals surface area contributed by atoms with Gasteiger partial charge >= 0.3 is 0 Å². The minimum Gasteiger partial charge on any atom is -0.335 e. The van der Waals surface area contributed by atoms with E-state index in [1.54, 1.807) is 4.90 Å². The third kappa shape index (κ3) is 4.81. The first-order valence-corrected chi connectivity index (χ1v) is 7.53. The number of nitrogens with two attached hydrogens (primary N) is 1. The lowest BCUT2D eigenvalue weighted by atomic mass is 9.93. The van der Waals surface area contributed by atoms with Crippen LogP contribution in [0.5, 0.6) is 0 Å². The molecular formula is C15H29N5O. The summed E-state index contributed by atoms with van der Waals surface area (Å²) in [5.41, 5.74) is 5.50. The molecule has 0 bridgehead atoms. The standard InChI is InChI=1S/C15H29N5O/c1-7-8-20(10-15(5,6)9-16)12(21)11-17-13(19-18-11)14(2,3)4/h7-10,16H2,1-6H3,(H,17,18,19). The Hall–Kier alpha value is -1.43. The minimum atomic E-state index is -0.155. The Kier molecular flexibility index (Phi) is 5.50.